The van der Waals surface area contributed by atoms with Crippen LogP contribution in [0.25, 0.3) is 11.4 Å². The third kappa shape index (κ3) is 3.64. The molecule has 5 nitrogen and oxygen atoms in total. The third-order valence-corrected chi connectivity index (χ3v) is 5.58. The van der Waals surface area contributed by atoms with Crippen LogP contribution in [0.3, 0.4) is 0 Å². The van der Waals surface area contributed by atoms with Crippen LogP contribution in [0.1, 0.15) is 44.4 Å². The Balaban J connectivity index is 1.39. The number of likely N-dealkylation sites (tertiary alicyclic amines) is 1. The number of carbonyl (C=O) groups excluding carboxylic acids is 1. The first-order valence-electron chi connectivity index (χ1n) is 9.57. The summed E-state index contributed by atoms with van der Waals surface area (Å²) in [6.07, 6.45) is 7.12. The number of piperidine rings is 1. The summed E-state index contributed by atoms with van der Waals surface area (Å²) < 4.78 is 19.2. The molecule has 1 aromatic heterocycles. The molecule has 1 aromatic carbocycles. The van der Waals surface area contributed by atoms with Crippen LogP contribution in [0.2, 0.25) is 0 Å². The van der Waals surface area contributed by atoms with Crippen molar-refractivity contribution in [2.45, 2.75) is 44.9 Å². The monoisotopic (exact) mass is 357 g/mol. The average molecular weight is 357 g/mol. The summed E-state index contributed by atoms with van der Waals surface area (Å²) in [7, 11) is 0. The second-order valence-electron chi connectivity index (χ2n) is 7.47. The Labute approximate surface area is 152 Å². The van der Waals surface area contributed by atoms with Crippen molar-refractivity contribution in [2.75, 3.05) is 13.1 Å². The standard InChI is InChI=1S/C20H24FN3O2/c21-17-10-4-3-9-16(17)19-22-18(26-23-19)12-14-6-5-11-24(13-14)20(25)15-7-1-2-8-15/h3-4,9-10,14-15H,1-2,5-8,11-13H2. The van der Waals surface area contributed by atoms with Crippen molar-refractivity contribution >= 4 is 5.91 Å². The van der Waals surface area contributed by atoms with E-state index in [2.05, 4.69) is 10.1 Å². The van der Waals surface area contributed by atoms with E-state index in [1.807, 2.05) is 4.90 Å². The molecule has 2 heterocycles. The highest BCUT2D eigenvalue weighted by molar-refractivity contribution is 5.79. The van der Waals surface area contributed by atoms with Gasteiger partial charge in [-0.1, -0.05) is 30.1 Å². The molecule has 4 rings (SSSR count). The van der Waals surface area contributed by atoms with E-state index < -0.39 is 0 Å². The van der Waals surface area contributed by atoms with Gasteiger partial charge in [0.2, 0.25) is 17.6 Å². The number of carbonyl (C=O) groups is 1. The highest BCUT2D eigenvalue weighted by Gasteiger charge is 2.31. The third-order valence-electron chi connectivity index (χ3n) is 5.58. The number of benzene rings is 1. The van der Waals surface area contributed by atoms with Gasteiger partial charge in [0, 0.05) is 25.4 Å². The normalized spacial score (nSPS) is 21.3. The summed E-state index contributed by atoms with van der Waals surface area (Å²) in [6, 6.07) is 6.42. The van der Waals surface area contributed by atoms with E-state index in [4.69, 9.17) is 4.52 Å². The van der Waals surface area contributed by atoms with E-state index in [-0.39, 0.29) is 17.6 Å². The summed E-state index contributed by atoms with van der Waals surface area (Å²) in [4.78, 5) is 19.0. The number of rotatable bonds is 4. The van der Waals surface area contributed by atoms with Crippen LogP contribution in [0.15, 0.2) is 28.8 Å². The Bertz CT molecular complexity index is 770. The molecule has 6 heteroatoms. The van der Waals surface area contributed by atoms with Gasteiger partial charge in [0.1, 0.15) is 5.82 Å². The minimum absolute atomic E-state index is 0.227. The van der Waals surface area contributed by atoms with Gasteiger partial charge in [-0.15, -0.1) is 0 Å². The molecule has 0 spiro atoms. The summed E-state index contributed by atoms with van der Waals surface area (Å²) in [5.74, 6) is 1.32. The molecule has 138 valence electrons. The summed E-state index contributed by atoms with van der Waals surface area (Å²) in [6.45, 7) is 1.61. The molecule has 2 fully saturated rings. The van der Waals surface area contributed by atoms with Crippen molar-refractivity contribution in [3.8, 4) is 11.4 Å². The van der Waals surface area contributed by atoms with Crippen molar-refractivity contribution in [3.63, 3.8) is 0 Å². The molecule has 1 saturated carbocycles. The van der Waals surface area contributed by atoms with Crippen molar-refractivity contribution in [1.82, 2.24) is 15.0 Å². The summed E-state index contributed by atoms with van der Waals surface area (Å²) >= 11 is 0. The number of aromatic nitrogens is 2. The van der Waals surface area contributed by atoms with Gasteiger partial charge in [-0.3, -0.25) is 4.79 Å². The van der Waals surface area contributed by atoms with Gasteiger partial charge in [-0.05, 0) is 43.7 Å². The van der Waals surface area contributed by atoms with Crippen molar-refractivity contribution in [1.29, 1.82) is 0 Å². The van der Waals surface area contributed by atoms with E-state index >= 15 is 0 Å². The van der Waals surface area contributed by atoms with E-state index in [1.165, 1.54) is 18.9 Å². The van der Waals surface area contributed by atoms with Crippen molar-refractivity contribution in [2.24, 2.45) is 11.8 Å². The second kappa shape index (κ2) is 7.56. The highest BCUT2D eigenvalue weighted by atomic mass is 19.1. The molecule has 0 radical (unpaired) electrons. The Hall–Kier alpha value is -2.24. The van der Waals surface area contributed by atoms with Crippen LogP contribution in [0.4, 0.5) is 4.39 Å². The van der Waals surface area contributed by atoms with Crippen LogP contribution in [0, 0.1) is 17.7 Å². The maximum Gasteiger partial charge on any atom is 0.227 e. The predicted octanol–water partition coefficient (Wildman–Crippen LogP) is 3.85. The molecule has 2 aromatic rings. The molecule has 1 atom stereocenters. The van der Waals surface area contributed by atoms with E-state index in [9.17, 15) is 9.18 Å². The van der Waals surface area contributed by atoms with Crippen molar-refractivity contribution < 1.29 is 13.7 Å². The van der Waals surface area contributed by atoms with Gasteiger partial charge in [0.25, 0.3) is 0 Å². The second-order valence-corrected chi connectivity index (χ2v) is 7.47. The predicted molar refractivity (Wildman–Crippen MR) is 94.7 cm³/mol. The van der Waals surface area contributed by atoms with Gasteiger partial charge < -0.3 is 9.42 Å². The van der Waals surface area contributed by atoms with E-state index in [1.54, 1.807) is 18.2 Å². The average Bonchev–Trinajstić information content (AvgIpc) is 3.34. The molecule has 1 aliphatic heterocycles. The molecule has 1 unspecified atom stereocenters. The maximum atomic E-state index is 13.9. The summed E-state index contributed by atoms with van der Waals surface area (Å²) in [5.41, 5.74) is 0.351. The lowest BCUT2D eigenvalue weighted by Crippen LogP contribution is -2.43. The Kier molecular flexibility index (Phi) is 5.00. The van der Waals surface area contributed by atoms with Gasteiger partial charge in [-0.2, -0.15) is 4.98 Å². The number of nitrogens with zero attached hydrogens (tertiary/aromatic N) is 3. The minimum atomic E-state index is -0.356. The molecule has 0 N–H and O–H groups in total. The molecule has 1 saturated heterocycles. The minimum Gasteiger partial charge on any atom is -0.342 e. The lowest BCUT2D eigenvalue weighted by molar-refractivity contribution is -0.137. The van der Waals surface area contributed by atoms with Gasteiger partial charge in [0.15, 0.2) is 0 Å². The zero-order valence-corrected chi connectivity index (χ0v) is 14.9. The van der Waals surface area contributed by atoms with Gasteiger partial charge in [-0.25, -0.2) is 4.39 Å². The van der Waals surface area contributed by atoms with Crippen LogP contribution >= 0.6 is 0 Å². The summed E-state index contributed by atoms with van der Waals surface area (Å²) in [5, 5.41) is 3.92. The topological polar surface area (TPSA) is 59.2 Å². The van der Waals surface area contributed by atoms with Crippen molar-refractivity contribution in [3.05, 3.63) is 36.0 Å². The lowest BCUT2D eigenvalue weighted by Gasteiger charge is -2.33. The van der Waals surface area contributed by atoms with Gasteiger partial charge >= 0.3 is 0 Å². The van der Waals surface area contributed by atoms with Gasteiger partial charge in [0.05, 0.1) is 5.56 Å². The fraction of sp³-hybridized carbons (Fsp3) is 0.550. The van der Waals surface area contributed by atoms with Crippen LogP contribution in [-0.4, -0.2) is 34.0 Å². The Morgan fingerprint density at radius 1 is 1.19 bits per heavy atom. The highest BCUT2D eigenvalue weighted by Crippen LogP contribution is 2.29. The van der Waals surface area contributed by atoms with E-state index in [0.29, 0.717) is 29.7 Å². The fourth-order valence-electron chi connectivity index (χ4n) is 4.20. The Morgan fingerprint density at radius 2 is 2.00 bits per heavy atom. The number of amides is 1. The number of hydrogen-bond donors (Lipinski definition) is 0. The first-order valence-corrected chi connectivity index (χ1v) is 9.57. The van der Waals surface area contributed by atoms with Crippen LogP contribution in [0.5, 0.6) is 0 Å². The number of halogens is 1. The molecular weight excluding hydrogens is 333 g/mol. The van der Waals surface area contributed by atoms with E-state index in [0.717, 1.165) is 38.8 Å². The fourth-order valence-corrected chi connectivity index (χ4v) is 4.20. The Morgan fingerprint density at radius 3 is 2.81 bits per heavy atom. The first kappa shape index (κ1) is 17.2. The molecule has 1 aliphatic carbocycles. The van der Waals surface area contributed by atoms with Crippen LogP contribution < -0.4 is 0 Å². The molecule has 0 bridgehead atoms. The molecule has 2 aliphatic rings. The SMILES string of the molecule is O=C(C1CCCC1)N1CCCC(Cc2nc(-c3ccccc3F)no2)C1. The number of hydrogen-bond acceptors (Lipinski definition) is 4. The lowest BCUT2D eigenvalue weighted by atomic mass is 9.93. The zero-order chi connectivity index (χ0) is 17.9. The zero-order valence-electron chi connectivity index (χ0n) is 14.9. The largest absolute Gasteiger partial charge is 0.342 e. The molecular formula is C20H24FN3O2. The maximum absolute atomic E-state index is 13.9. The molecule has 26 heavy (non-hydrogen) atoms. The van der Waals surface area contributed by atoms with Crippen LogP contribution in [-0.2, 0) is 11.2 Å². The first-order chi connectivity index (χ1) is 12.7. The quantitative estimate of drug-likeness (QED) is 0.834. The smallest absolute Gasteiger partial charge is 0.227 e. The molecule has 1 amide bonds.